The molecule has 0 atom stereocenters. The number of hydrogen-bond donors (Lipinski definition) is 1. The Balaban J connectivity index is 1.37. The van der Waals surface area contributed by atoms with Gasteiger partial charge in [0.1, 0.15) is 11.6 Å². The Hall–Kier alpha value is -3.60. The van der Waals surface area contributed by atoms with Crippen molar-refractivity contribution in [2.24, 2.45) is 0 Å². The molecule has 0 unspecified atom stereocenters. The summed E-state index contributed by atoms with van der Waals surface area (Å²) in [5.74, 6) is 1.28. The molecule has 5 heteroatoms. The van der Waals surface area contributed by atoms with Crippen molar-refractivity contribution in [3.63, 3.8) is 0 Å². The summed E-state index contributed by atoms with van der Waals surface area (Å²) in [5, 5.41) is 9.87. The number of ether oxygens (including phenoxy) is 1. The lowest BCUT2D eigenvalue weighted by Gasteiger charge is -2.12. The van der Waals surface area contributed by atoms with Gasteiger partial charge in [0, 0.05) is 10.9 Å². The minimum atomic E-state index is -0.190. The fraction of sp³-hybridized carbons (Fsp3) is 0.167. The first kappa shape index (κ1) is 17.5. The van der Waals surface area contributed by atoms with Crippen LogP contribution in [0.5, 0.6) is 5.75 Å². The Kier molecular flexibility index (Phi) is 4.48. The highest BCUT2D eigenvalue weighted by molar-refractivity contribution is 5.93. The quantitative estimate of drug-likeness (QED) is 0.551. The van der Waals surface area contributed by atoms with Crippen molar-refractivity contribution in [1.29, 1.82) is 0 Å². The van der Waals surface area contributed by atoms with E-state index >= 15 is 0 Å². The van der Waals surface area contributed by atoms with Crippen LogP contribution in [0.15, 0.2) is 72.8 Å². The van der Waals surface area contributed by atoms with Crippen molar-refractivity contribution < 1.29 is 9.53 Å². The van der Waals surface area contributed by atoms with Crippen molar-refractivity contribution >= 4 is 22.5 Å². The molecule has 0 bridgehead atoms. The fourth-order valence-electron chi connectivity index (χ4n) is 3.91. The normalized spacial score (nSPS) is 12.7. The summed E-state index contributed by atoms with van der Waals surface area (Å²) < 4.78 is 7.69. The SMILES string of the molecule is O=C(COc1cccc2ccccc12)Nc1c2c(nn1-c1ccccc1)CCC2. The molecule has 0 radical (unpaired) electrons. The van der Waals surface area contributed by atoms with E-state index in [-0.39, 0.29) is 12.5 Å². The van der Waals surface area contributed by atoms with Crippen LogP contribution in [0.2, 0.25) is 0 Å². The highest BCUT2D eigenvalue weighted by atomic mass is 16.5. The lowest BCUT2D eigenvalue weighted by molar-refractivity contribution is -0.118. The third kappa shape index (κ3) is 3.36. The van der Waals surface area contributed by atoms with E-state index in [1.54, 1.807) is 0 Å². The number of nitrogens with one attached hydrogen (secondary N) is 1. The molecule has 144 valence electrons. The molecule has 4 aromatic rings. The number of carbonyl (C=O) groups is 1. The van der Waals surface area contributed by atoms with Crippen LogP contribution in [-0.2, 0) is 17.6 Å². The number of nitrogens with zero attached hydrogens (tertiary/aromatic N) is 2. The summed E-state index contributed by atoms with van der Waals surface area (Å²) in [6.45, 7) is -0.0528. The number of anilines is 1. The monoisotopic (exact) mass is 383 g/mol. The number of aromatic nitrogens is 2. The highest BCUT2D eigenvalue weighted by Gasteiger charge is 2.24. The number of hydrogen-bond acceptors (Lipinski definition) is 3. The number of para-hydroxylation sites is 1. The lowest BCUT2D eigenvalue weighted by atomic mass is 10.1. The molecule has 3 aromatic carbocycles. The molecule has 0 spiro atoms. The molecule has 1 aliphatic rings. The molecule has 1 N–H and O–H groups in total. The standard InChI is InChI=1S/C24H21N3O2/c28-23(16-29-22-15-6-9-17-8-4-5-12-19(17)22)25-24-20-13-7-14-21(20)26-27(24)18-10-2-1-3-11-18/h1-6,8-12,15H,7,13-14,16H2,(H,25,28). The van der Waals surface area contributed by atoms with E-state index in [1.807, 2.05) is 77.5 Å². The zero-order valence-corrected chi connectivity index (χ0v) is 16.0. The average molecular weight is 383 g/mol. The molecule has 1 aliphatic carbocycles. The van der Waals surface area contributed by atoms with Crippen LogP contribution in [0.4, 0.5) is 5.82 Å². The topological polar surface area (TPSA) is 56.1 Å². The van der Waals surface area contributed by atoms with Gasteiger partial charge in [0.25, 0.3) is 5.91 Å². The second kappa shape index (κ2) is 7.43. The average Bonchev–Trinajstić information content (AvgIpc) is 3.35. The summed E-state index contributed by atoms with van der Waals surface area (Å²) in [4.78, 5) is 12.7. The molecular weight excluding hydrogens is 362 g/mol. The third-order valence-corrected chi connectivity index (χ3v) is 5.27. The van der Waals surface area contributed by atoms with Gasteiger partial charge >= 0.3 is 0 Å². The van der Waals surface area contributed by atoms with Crippen molar-refractivity contribution in [2.75, 3.05) is 11.9 Å². The Labute approximate surface area is 168 Å². The first-order valence-corrected chi connectivity index (χ1v) is 9.86. The van der Waals surface area contributed by atoms with Crippen LogP contribution in [-0.4, -0.2) is 22.3 Å². The Morgan fingerprint density at radius 3 is 2.66 bits per heavy atom. The van der Waals surface area contributed by atoms with Gasteiger partial charge in [-0.3, -0.25) is 4.79 Å². The van der Waals surface area contributed by atoms with Crippen LogP contribution in [0.3, 0.4) is 0 Å². The van der Waals surface area contributed by atoms with Crippen LogP contribution in [0, 0.1) is 0 Å². The van der Waals surface area contributed by atoms with Gasteiger partial charge in [-0.25, -0.2) is 4.68 Å². The third-order valence-electron chi connectivity index (χ3n) is 5.27. The van der Waals surface area contributed by atoms with E-state index in [9.17, 15) is 4.79 Å². The molecular formula is C24H21N3O2. The van der Waals surface area contributed by atoms with E-state index in [4.69, 9.17) is 9.84 Å². The largest absolute Gasteiger partial charge is 0.483 e. The molecule has 1 heterocycles. The van der Waals surface area contributed by atoms with Gasteiger partial charge in [0.2, 0.25) is 0 Å². The van der Waals surface area contributed by atoms with Gasteiger partial charge in [-0.1, -0.05) is 54.6 Å². The fourth-order valence-corrected chi connectivity index (χ4v) is 3.91. The van der Waals surface area contributed by atoms with Crippen LogP contribution in [0.1, 0.15) is 17.7 Å². The number of amides is 1. The van der Waals surface area contributed by atoms with Gasteiger partial charge in [0.05, 0.1) is 11.4 Å². The molecule has 1 aromatic heterocycles. The molecule has 0 fully saturated rings. The minimum absolute atomic E-state index is 0.0528. The van der Waals surface area contributed by atoms with Gasteiger partial charge < -0.3 is 10.1 Å². The van der Waals surface area contributed by atoms with Crippen molar-refractivity contribution in [1.82, 2.24) is 9.78 Å². The van der Waals surface area contributed by atoms with E-state index in [0.29, 0.717) is 5.75 Å². The molecule has 0 aliphatic heterocycles. The van der Waals surface area contributed by atoms with E-state index in [2.05, 4.69) is 5.32 Å². The predicted molar refractivity (Wildman–Crippen MR) is 114 cm³/mol. The smallest absolute Gasteiger partial charge is 0.263 e. The summed E-state index contributed by atoms with van der Waals surface area (Å²) in [6, 6.07) is 23.7. The Morgan fingerprint density at radius 2 is 1.76 bits per heavy atom. The first-order chi connectivity index (χ1) is 14.3. The predicted octanol–water partition coefficient (Wildman–Crippen LogP) is 4.53. The van der Waals surface area contributed by atoms with E-state index in [0.717, 1.165) is 52.8 Å². The maximum Gasteiger partial charge on any atom is 0.263 e. The Bertz CT molecular complexity index is 1180. The van der Waals surface area contributed by atoms with Gasteiger partial charge in [0.15, 0.2) is 6.61 Å². The molecule has 1 amide bonds. The number of rotatable bonds is 5. The van der Waals surface area contributed by atoms with Crippen LogP contribution >= 0.6 is 0 Å². The first-order valence-electron chi connectivity index (χ1n) is 9.86. The van der Waals surface area contributed by atoms with Gasteiger partial charge in [-0.2, -0.15) is 5.10 Å². The van der Waals surface area contributed by atoms with Crippen molar-refractivity contribution in [3.8, 4) is 11.4 Å². The second-order valence-corrected chi connectivity index (χ2v) is 7.19. The zero-order valence-electron chi connectivity index (χ0n) is 16.0. The van der Waals surface area contributed by atoms with E-state index in [1.165, 1.54) is 0 Å². The van der Waals surface area contributed by atoms with Crippen LogP contribution < -0.4 is 10.1 Å². The summed E-state index contributed by atoms with van der Waals surface area (Å²) >= 11 is 0. The van der Waals surface area contributed by atoms with Crippen LogP contribution in [0.25, 0.3) is 16.5 Å². The molecule has 5 nitrogen and oxygen atoms in total. The maximum absolute atomic E-state index is 12.7. The van der Waals surface area contributed by atoms with E-state index < -0.39 is 0 Å². The van der Waals surface area contributed by atoms with Crippen molar-refractivity contribution in [3.05, 3.63) is 84.1 Å². The second-order valence-electron chi connectivity index (χ2n) is 7.19. The Morgan fingerprint density at radius 1 is 0.966 bits per heavy atom. The highest BCUT2D eigenvalue weighted by Crippen LogP contribution is 2.31. The van der Waals surface area contributed by atoms with Gasteiger partial charge in [-0.15, -0.1) is 0 Å². The lowest BCUT2D eigenvalue weighted by Crippen LogP contribution is -2.22. The molecule has 0 saturated heterocycles. The summed E-state index contributed by atoms with van der Waals surface area (Å²) in [7, 11) is 0. The number of carbonyl (C=O) groups excluding carboxylic acids is 1. The van der Waals surface area contributed by atoms with Gasteiger partial charge in [-0.05, 0) is 42.8 Å². The minimum Gasteiger partial charge on any atom is -0.483 e. The molecule has 0 saturated carbocycles. The zero-order chi connectivity index (χ0) is 19.6. The maximum atomic E-state index is 12.7. The number of benzene rings is 3. The summed E-state index contributed by atoms with van der Waals surface area (Å²) in [6.07, 6.45) is 2.95. The number of aryl methyl sites for hydroxylation is 1. The molecule has 5 rings (SSSR count). The summed E-state index contributed by atoms with van der Waals surface area (Å²) in [5.41, 5.74) is 3.14. The molecule has 29 heavy (non-hydrogen) atoms. The number of fused-ring (bicyclic) bond motifs is 2. The van der Waals surface area contributed by atoms with Crippen molar-refractivity contribution in [2.45, 2.75) is 19.3 Å².